The molecule has 2 heterocycles. The number of fused-ring (bicyclic) bond motifs is 2. The van der Waals surface area contributed by atoms with Crippen LogP contribution in [0.4, 0.5) is 0 Å². The third-order valence-electron chi connectivity index (χ3n) is 11.4. The molecule has 306 valence electrons. The highest BCUT2D eigenvalue weighted by Gasteiger charge is 2.52. The predicted octanol–water partition coefficient (Wildman–Crippen LogP) is 5.37. The summed E-state index contributed by atoms with van der Waals surface area (Å²) in [4.78, 5) is 14.6. The monoisotopic (exact) mass is 816 g/mol. The number of esters is 1. The quantitative estimate of drug-likeness (QED) is 0.0460. The zero-order chi connectivity index (χ0) is 40.4. The van der Waals surface area contributed by atoms with Gasteiger partial charge in [-0.25, -0.2) is 4.79 Å². The minimum atomic E-state index is -1.27. The molecular formula is C41H69BrO11. The first-order valence-corrected chi connectivity index (χ1v) is 20.0. The first-order chi connectivity index (χ1) is 24.5. The van der Waals surface area contributed by atoms with Crippen molar-refractivity contribution >= 4 is 21.9 Å². The molecule has 0 aromatic heterocycles. The summed E-state index contributed by atoms with van der Waals surface area (Å²) in [6, 6.07) is 0. The minimum absolute atomic E-state index is 0.0217. The molecule has 2 bridgehead atoms. The van der Waals surface area contributed by atoms with Gasteiger partial charge in [-0.15, -0.1) is 0 Å². The average Bonchev–Trinajstić information content (AvgIpc) is 3.34. The molecule has 0 saturated carbocycles. The number of methoxy groups -OCH3 is 1. The first kappa shape index (κ1) is 47.5. The van der Waals surface area contributed by atoms with E-state index in [1.54, 1.807) is 45.7 Å². The molecule has 13 atom stereocenters. The number of ether oxygens (including phenoxy) is 3. The Kier molecular flexibility index (Phi) is 18.9. The summed E-state index contributed by atoms with van der Waals surface area (Å²) in [5, 5.41) is 77.0. The molecule has 12 heteroatoms. The first-order valence-electron chi connectivity index (χ1n) is 19.1. The molecule has 2 aliphatic heterocycles. The SMILES string of the molecule is C=C(CC(O)CC(O)C(C)C(O)CC(O)C(C)(C)C(O)C/C(C)=C\C(O)C1(C)OC2CC(C)CC(O)CC(C)C/C(C)=C/C(=O)OC1C2)/C(=C\Br)OC. The Morgan fingerprint density at radius 2 is 1.64 bits per heavy atom. The summed E-state index contributed by atoms with van der Waals surface area (Å²) in [7, 11) is 1.48. The Morgan fingerprint density at radius 1 is 1.04 bits per heavy atom. The molecule has 0 aromatic carbocycles. The van der Waals surface area contributed by atoms with Crippen molar-refractivity contribution in [2.45, 2.75) is 174 Å². The van der Waals surface area contributed by atoms with Crippen LogP contribution in [0, 0.1) is 23.2 Å². The lowest BCUT2D eigenvalue weighted by Gasteiger charge is -2.38. The van der Waals surface area contributed by atoms with Crippen molar-refractivity contribution in [1.29, 1.82) is 0 Å². The molecule has 13 unspecified atom stereocenters. The van der Waals surface area contributed by atoms with Crippen LogP contribution in [-0.4, -0.2) is 109 Å². The van der Waals surface area contributed by atoms with Crippen LogP contribution in [0.5, 0.6) is 0 Å². The van der Waals surface area contributed by atoms with Gasteiger partial charge in [-0.3, -0.25) is 0 Å². The Balaban J connectivity index is 2.11. The number of allylic oxidation sites excluding steroid dienone is 2. The van der Waals surface area contributed by atoms with Crippen LogP contribution in [0.2, 0.25) is 0 Å². The van der Waals surface area contributed by atoms with Gasteiger partial charge in [0.1, 0.15) is 23.6 Å². The topological polar surface area (TPSA) is 186 Å². The molecule has 7 N–H and O–H groups in total. The minimum Gasteiger partial charge on any atom is -0.496 e. The molecule has 53 heavy (non-hydrogen) atoms. The summed E-state index contributed by atoms with van der Waals surface area (Å²) in [5.74, 6) is -0.376. The largest absolute Gasteiger partial charge is 0.496 e. The standard InChI is InChI=1S/C41H69BrO11/c1-23-11-24(2)17-39(50)52-38-20-31(14-25(3)13-29(43)12-23)53-41(38,9)37(49)16-26(4)15-35(47)40(7,8)36(48)21-33(46)28(6)32(45)19-30(44)18-27(5)34(22-42)51-10/h16-17,22-23,25,28-33,35-38,43-49H,5,11-15,18-21H2,1-4,6-10H3/b24-17+,26-16-,34-22+. The maximum absolute atomic E-state index is 13.0. The molecule has 0 aromatic rings. The van der Waals surface area contributed by atoms with Crippen LogP contribution < -0.4 is 0 Å². The number of aliphatic hydroxyl groups is 7. The second-order valence-electron chi connectivity index (χ2n) is 17.0. The number of carbonyl (C=O) groups is 1. The predicted molar refractivity (Wildman–Crippen MR) is 209 cm³/mol. The van der Waals surface area contributed by atoms with Crippen LogP contribution >= 0.6 is 15.9 Å². The van der Waals surface area contributed by atoms with Crippen LogP contribution in [0.3, 0.4) is 0 Å². The van der Waals surface area contributed by atoms with Crippen LogP contribution in [0.1, 0.15) is 113 Å². The van der Waals surface area contributed by atoms with Gasteiger partial charge in [0.05, 0.1) is 49.8 Å². The summed E-state index contributed by atoms with van der Waals surface area (Å²) in [5.41, 5.74) is -0.339. The molecule has 2 aliphatic rings. The van der Waals surface area contributed by atoms with Gasteiger partial charge in [0.2, 0.25) is 0 Å². The zero-order valence-electron chi connectivity index (χ0n) is 33.4. The van der Waals surface area contributed by atoms with E-state index in [4.69, 9.17) is 14.2 Å². The van der Waals surface area contributed by atoms with E-state index in [-0.39, 0.29) is 43.6 Å². The molecule has 0 amide bonds. The maximum atomic E-state index is 13.0. The van der Waals surface area contributed by atoms with E-state index in [2.05, 4.69) is 36.4 Å². The van der Waals surface area contributed by atoms with Gasteiger partial charge in [0, 0.05) is 41.7 Å². The second kappa shape index (κ2) is 21.1. The Labute approximate surface area is 325 Å². The molecule has 0 radical (unpaired) electrons. The smallest absolute Gasteiger partial charge is 0.331 e. The highest BCUT2D eigenvalue weighted by Crippen LogP contribution is 2.41. The van der Waals surface area contributed by atoms with Crippen LogP contribution in [0.15, 0.2) is 46.2 Å². The molecule has 11 nitrogen and oxygen atoms in total. The van der Waals surface area contributed by atoms with Gasteiger partial charge in [-0.2, -0.15) is 0 Å². The van der Waals surface area contributed by atoms with Crippen molar-refractivity contribution in [2.24, 2.45) is 23.2 Å². The van der Waals surface area contributed by atoms with E-state index >= 15 is 0 Å². The van der Waals surface area contributed by atoms with Crippen molar-refractivity contribution in [3.63, 3.8) is 0 Å². The van der Waals surface area contributed by atoms with Crippen molar-refractivity contribution in [1.82, 2.24) is 0 Å². The normalized spacial score (nSPS) is 31.9. The highest BCUT2D eigenvalue weighted by atomic mass is 79.9. The van der Waals surface area contributed by atoms with Crippen LogP contribution in [0.25, 0.3) is 0 Å². The van der Waals surface area contributed by atoms with Gasteiger partial charge in [-0.1, -0.05) is 74.3 Å². The summed E-state index contributed by atoms with van der Waals surface area (Å²) >= 11 is 3.19. The molecule has 0 spiro atoms. The van der Waals surface area contributed by atoms with E-state index in [9.17, 15) is 40.5 Å². The van der Waals surface area contributed by atoms with E-state index < -0.39 is 71.7 Å². The number of aliphatic hydroxyl groups excluding tert-OH is 7. The number of rotatable bonds is 16. The third-order valence-corrected chi connectivity index (χ3v) is 11.9. The van der Waals surface area contributed by atoms with Crippen molar-refractivity contribution in [2.75, 3.05) is 7.11 Å². The van der Waals surface area contributed by atoms with Gasteiger partial charge in [0.15, 0.2) is 0 Å². The zero-order valence-corrected chi connectivity index (χ0v) is 35.0. The van der Waals surface area contributed by atoms with E-state index in [1.165, 1.54) is 13.2 Å². The fourth-order valence-electron chi connectivity index (χ4n) is 7.69. The second-order valence-corrected chi connectivity index (χ2v) is 17.4. The fraction of sp³-hybridized carbons (Fsp3) is 0.780. The molecular weight excluding hydrogens is 748 g/mol. The van der Waals surface area contributed by atoms with Gasteiger partial charge in [-0.05, 0) is 76.7 Å². The highest BCUT2D eigenvalue weighted by molar-refractivity contribution is 9.11. The van der Waals surface area contributed by atoms with E-state index in [1.807, 2.05) is 6.92 Å². The van der Waals surface area contributed by atoms with Gasteiger partial charge in [0.25, 0.3) is 0 Å². The number of carbonyl (C=O) groups excluding carboxylic acids is 1. The number of hydrogen-bond acceptors (Lipinski definition) is 11. The lowest BCUT2D eigenvalue weighted by atomic mass is 9.75. The van der Waals surface area contributed by atoms with Crippen molar-refractivity contribution in [3.8, 4) is 0 Å². The average molecular weight is 818 g/mol. The lowest BCUT2D eigenvalue weighted by Crippen LogP contribution is -2.48. The number of halogens is 1. The summed E-state index contributed by atoms with van der Waals surface area (Å²) in [6.45, 7) is 18.4. The van der Waals surface area contributed by atoms with Gasteiger partial charge < -0.3 is 50.0 Å². The Morgan fingerprint density at radius 3 is 2.25 bits per heavy atom. The molecule has 1 fully saturated rings. The van der Waals surface area contributed by atoms with E-state index in [0.717, 1.165) is 5.57 Å². The Bertz CT molecular complexity index is 1280. The Hall–Kier alpha value is -1.61. The van der Waals surface area contributed by atoms with Crippen molar-refractivity contribution in [3.05, 3.63) is 46.2 Å². The third kappa shape index (κ3) is 14.1. The molecule has 2 rings (SSSR count). The fourth-order valence-corrected chi connectivity index (χ4v) is 8.20. The van der Waals surface area contributed by atoms with Crippen LogP contribution in [-0.2, 0) is 19.0 Å². The lowest BCUT2D eigenvalue weighted by molar-refractivity contribution is -0.164. The van der Waals surface area contributed by atoms with Gasteiger partial charge >= 0.3 is 5.97 Å². The van der Waals surface area contributed by atoms with Crippen molar-refractivity contribution < 1.29 is 54.8 Å². The molecule has 0 aliphatic carbocycles. The summed E-state index contributed by atoms with van der Waals surface area (Å²) in [6.07, 6.45) is -1.94. The molecule has 1 saturated heterocycles. The summed E-state index contributed by atoms with van der Waals surface area (Å²) < 4.78 is 17.6. The number of hydrogen-bond donors (Lipinski definition) is 7. The maximum Gasteiger partial charge on any atom is 0.331 e. The van der Waals surface area contributed by atoms with E-state index in [0.29, 0.717) is 49.0 Å².